The van der Waals surface area contributed by atoms with Crippen molar-refractivity contribution in [2.24, 2.45) is 0 Å². The van der Waals surface area contributed by atoms with Crippen LogP contribution >= 0.6 is 11.6 Å². The molecular weight excluding hydrogens is 216 g/mol. The van der Waals surface area contributed by atoms with Crippen molar-refractivity contribution in [2.75, 3.05) is 6.61 Å². The van der Waals surface area contributed by atoms with Crippen LogP contribution in [0.2, 0.25) is 5.02 Å². The third-order valence-corrected chi connectivity index (χ3v) is 2.23. The van der Waals surface area contributed by atoms with Crippen LogP contribution in [0.5, 0.6) is 0 Å². The van der Waals surface area contributed by atoms with Crippen LogP contribution in [0.25, 0.3) is 0 Å². The van der Waals surface area contributed by atoms with Gasteiger partial charge in [-0.15, -0.1) is 0 Å². The summed E-state index contributed by atoms with van der Waals surface area (Å²) in [5.74, 6) is -0.299. The summed E-state index contributed by atoms with van der Waals surface area (Å²) in [4.78, 5) is 15.4. The highest BCUT2D eigenvalue weighted by molar-refractivity contribution is 6.30. The number of aliphatic hydroxyl groups is 1. The lowest BCUT2D eigenvalue weighted by Gasteiger charge is -2.13. The highest BCUT2D eigenvalue weighted by Crippen LogP contribution is 2.06. The monoisotopic (exact) mass is 228 g/mol. The fraction of sp³-hybridized carbons (Fsp3) is 0.400. The SMILES string of the molecule is CCC(CO)NC(=O)c1ccc(Cl)cn1. The van der Waals surface area contributed by atoms with Gasteiger partial charge in [-0.1, -0.05) is 18.5 Å². The topological polar surface area (TPSA) is 62.2 Å². The van der Waals surface area contributed by atoms with Crippen LogP contribution in [0.4, 0.5) is 0 Å². The lowest BCUT2D eigenvalue weighted by atomic mass is 10.2. The molecule has 1 atom stereocenters. The largest absolute Gasteiger partial charge is 0.394 e. The third kappa shape index (κ3) is 3.49. The minimum atomic E-state index is -0.299. The van der Waals surface area contributed by atoms with Crippen LogP contribution < -0.4 is 5.32 Å². The smallest absolute Gasteiger partial charge is 0.270 e. The molecule has 2 N–H and O–H groups in total. The van der Waals surface area contributed by atoms with Gasteiger partial charge in [-0.05, 0) is 18.6 Å². The normalized spacial score (nSPS) is 12.2. The summed E-state index contributed by atoms with van der Waals surface area (Å²) in [6.07, 6.45) is 2.09. The van der Waals surface area contributed by atoms with Crippen LogP contribution in [0, 0.1) is 0 Å². The molecule has 0 aliphatic heterocycles. The van der Waals surface area contributed by atoms with E-state index in [1.54, 1.807) is 12.1 Å². The van der Waals surface area contributed by atoms with E-state index in [1.165, 1.54) is 6.20 Å². The van der Waals surface area contributed by atoms with Crippen molar-refractivity contribution in [1.29, 1.82) is 0 Å². The maximum atomic E-state index is 11.6. The number of nitrogens with one attached hydrogen (secondary N) is 1. The van der Waals surface area contributed by atoms with Crippen molar-refractivity contribution < 1.29 is 9.90 Å². The van der Waals surface area contributed by atoms with Crippen molar-refractivity contribution in [3.63, 3.8) is 0 Å². The zero-order valence-corrected chi connectivity index (χ0v) is 9.16. The van der Waals surface area contributed by atoms with Crippen molar-refractivity contribution in [2.45, 2.75) is 19.4 Å². The number of hydrogen-bond donors (Lipinski definition) is 2. The molecule has 1 rings (SSSR count). The number of amides is 1. The Kier molecular flexibility index (Phi) is 4.52. The predicted molar refractivity (Wildman–Crippen MR) is 57.9 cm³/mol. The number of halogens is 1. The highest BCUT2D eigenvalue weighted by Gasteiger charge is 2.11. The fourth-order valence-electron chi connectivity index (χ4n) is 1.05. The first-order chi connectivity index (χ1) is 7.17. The predicted octanol–water partition coefficient (Wildman–Crippen LogP) is 1.24. The second kappa shape index (κ2) is 5.68. The van der Waals surface area contributed by atoms with Gasteiger partial charge in [0.15, 0.2) is 0 Å². The number of hydrogen-bond acceptors (Lipinski definition) is 3. The van der Waals surface area contributed by atoms with Crippen molar-refractivity contribution in [3.8, 4) is 0 Å². The summed E-state index contributed by atoms with van der Waals surface area (Å²) in [7, 11) is 0. The lowest BCUT2D eigenvalue weighted by molar-refractivity contribution is 0.0910. The Hall–Kier alpha value is -1.13. The molecule has 0 saturated heterocycles. The molecule has 0 saturated carbocycles. The van der Waals surface area contributed by atoms with Crippen LogP contribution in [-0.4, -0.2) is 28.6 Å². The zero-order valence-electron chi connectivity index (χ0n) is 8.40. The molecule has 1 aromatic heterocycles. The highest BCUT2D eigenvalue weighted by atomic mass is 35.5. The number of rotatable bonds is 4. The molecule has 15 heavy (non-hydrogen) atoms. The van der Waals surface area contributed by atoms with Gasteiger partial charge in [-0.25, -0.2) is 4.98 Å². The molecule has 0 bridgehead atoms. The summed E-state index contributed by atoms with van der Waals surface area (Å²) >= 11 is 5.64. The lowest BCUT2D eigenvalue weighted by Crippen LogP contribution is -2.37. The summed E-state index contributed by atoms with van der Waals surface area (Å²) < 4.78 is 0. The standard InChI is InChI=1S/C10H13ClN2O2/c1-2-8(6-14)13-10(15)9-4-3-7(11)5-12-9/h3-5,8,14H,2,6H2,1H3,(H,13,15). The van der Waals surface area contributed by atoms with E-state index in [4.69, 9.17) is 16.7 Å². The van der Waals surface area contributed by atoms with Gasteiger partial charge in [0.25, 0.3) is 5.91 Å². The van der Waals surface area contributed by atoms with Gasteiger partial charge in [0.05, 0.1) is 17.7 Å². The molecule has 0 fully saturated rings. The summed E-state index contributed by atoms with van der Waals surface area (Å²) in [6.45, 7) is 1.81. The minimum absolute atomic E-state index is 0.0736. The van der Waals surface area contributed by atoms with E-state index in [2.05, 4.69) is 10.3 Å². The Morgan fingerprint density at radius 2 is 2.40 bits per heavy atom. The third-order valence-electron chi connectivity index (χ3n) is 2.01. The van der Waals surface area contributed by atoms with Gasteiger partial charge in [-0.3, -0.25) is 4.79 Å². The Balaban J connectivity index is 2.64. The Labute approximate surface area is 93.3 Å². The molecule has 0 aliphatic carbocycles. The van der Waals surface area contributed by atoms with E-state index in [-0.39, 0.29) is 18.6 Å². The van der Waals surface area contributed by atoms with Gasteiger partial charge < -0.3 is 10.4 Å². The van der Waals surface area contributed by atoms with Crippen LogP contribution in [-0.2, 0) is 0 Å². The van der Waals surface area contributed by atoms with Gasteiger partial charge in [-0.2, -0.15) is 0 Å². The number of aromatic nitrogens is 1. The van der Waals surface area contributed by atoms with Crippen molar-refractivity contribution in [3.05, 3.63) is 29.0 Å². The van der Waals surface area contributed by atoms with Crippen LogP contribution in [0.1, 0.15) is 23.8 Å². The number of aliphatic hydroxyl groups excluding tert-OH is 1. The van der Waals surface area contributed by atoms with E-state index in [0.29, 0.717) is 17.1 Å². The summed E-state index contributed by atoms with van der Waals surface area (Å²) in [5, 5.41) is 12.1. The van der Waals surface area contributed by atoms with Crippen molar-refractivity contribution in [1.82, 2.24) is 10.3 Å². The molecule has 5 heteroatoms. The Morgan fingerprint density at radius 1 is 1.67 bits per heavy atom. The minimum Gasteiger partial charge on any atom is -0.394 e. The first-order valence-electron chi connectivity index (χ1n) is 4.70. The Morgan fingerprint density at radius 3 is 2.87 bits per heavy atom. The van der Waals surface area contributed by atoms with Gasteiger partial charge in [0.1, 0.15) is 5.69 Å². The fourth-order valence-corrected chi connectivity index (χ4v) is 1.16. The number of nitrogens with zero attached hydrogens (tertiary/aromatic N) is 1. The van der Waals surface area contributed by atoms with Crippen molar-refractivity contribution >= 4 is 17.5 Å². The molecule has 1 heterocycles. The average Bonchev–Trinajstić information content (AvgIpc) is 2.26. The van der Waals surface area contributed by atoms with E-state index in [0.717, 1.165) is 0 Å². The Bertz CT molecular complexity index is 323. The molecular formula is C10H13ClN2O2. The maximum Gasteiger partial charge on any atom is 0.270 e. The molecule has 4 nitrogen and oxygen atoms in total. The molecule has 1 aromatic rings. The van der Waals surface area contributed by atoms with Crippen LogP contribution in [0.3, 0.4) is 0 Å². The molecule has 0 aliphatic rings. The quantitative estimate of drug-likeness (QED) is 0.815. The molecule has 1 unspecified atom stereocenters. The van der Waals surface area contributed by atoms with E-state index >= 15 is 0 Å². The molecule has 0 radical (unpaired) electrons. The zero-order chi connectivity index (χ0) is 11.3. The average molecular weight is 229 g/mol. The van der Waals surface area contributed by atoms with Gasteiger partial charge >= 0.3 is 0 Å². The number of pyridine rings is 1. The summed E-state index contributed by atoms with van der Waals surface area (Å²) in [6, 6.07) is 2.92. The number of carbonyl (C=O) groups excluding carboxylic acids is 1. The van der Waals surface area contributed by atoms with E-state index in [9.17, 15) is 4.79 Å². The van der Waals surface area contributed by atoms with E-state index in [1.807, 2.05) is 6.92 Å². The first kappa shape index (κ1) is 11.9. The second-order valence-corrected chi connectivity index (χ2v) is 3.56. The molecule has 1 amide bonds. The van der Waals surface area contributed by atoms with Gasteiger partial charge in [0, 0.05) is 6.20 Å². The molecule has 82 valence electrons. The van der Waals surface area contributed by atoms with Crippen LogP contribution in [0.15, 0.2) is 18.3 Å². The molecule has 0 aromatic carbocycles. The number of carbonyl (C=O) groups is 1. The van der Waals surface area contributed by atoms with E-state index < -0.39 is 0 Å². The summed E-state index contributed by atoms with van der Waals surface area (Å²) in [5.41, 5.74) is 0.298. The maximum absolute atomic E-state index is 11.6. The van der Waals surface area contributed by atoms with Gasteiger partial charge in [0.2, 0.25) is 0 Å². The second-order valence-electron chi connectivity index (χ2n) is 3.12. The molecule has 0 spiro atoms. The first-order valence-corrected chi connectivity index (χ1v) is 5.08.